The minimum Gasteiger partial charge on any atom is -0.444 e. The number of carbonyl (C=O) groups is 1. The van der Waals surface area contributed by atoms with Crippen molar-refractivity contribution in [1.82, 2.24) is 4.90 Å². The first-order chi connectivity index (χ1) is 11.0. The predicted octanol–water partition coefficient (Wildman–Crippen LogP) is 5.02. The lowest BCUT2D eigenvalue weighted by Crippen LogP contribution is -2.46. The molecule has 0 spiro atoms. The summed E-state index contributed by atoms with van der Waals surface area (Å²) in [5.74, 6) is 0.209. The van der Waals surface area contributed by atoms with Crippen molar-refractivity contribution in [3.05, 3.63) is 0 Å². The summed E-state index contributed by atoms with van der Waals surface area (Å²) in [4.78, 5) is 14.2. The minimum atomic E-state index is -1.79. The molecule has 0 aromatic carbocycles. The highest BCUT2D eigenvalue weighted by atomic mass is 28.4. The SMILES string of the molecule is C[C@H](CO[Si](C)(C)C(C)(C)C)[C@@H]1CN(C(=O)OC(C)(C)C)C(C)(C)O1. The van der Waals surface area contributed by atoms with E-state index in [4.69, 9.17) is 13.9 Å². The van der Waals surface area contributed by atoms with E-state index in [9.17, 15) is 4.79 Å². The first-order valence-electron chi connectivity index (χ1n) is 9.29. The van der Waals surface area contributed by atoms with Gasteiger partial charge in [-0.3, -0.25) is 4.90 Å². The average Bonchev–Trinajstić information content (AvgIpc) is 2.68. The lowest BCUT2D eigenvalue weighted by Gasteiger charge is -2.37. The Balaban J connectivity index is 2.71. The molecule has 0 unspecified atom stereocenters. The van der Waals surface area contributed by atoms with Crippen LogP contribution >= 0.6 is 0 Å². The van der Waals surface area contributed by atoms with Gasteiger partial charge in [-0.25, -0.2) is 4.79 Å². The third-order valence-electron chi connectivity index (χ3n) is 5.21. The van der Waals surface area contributed by atoms with Crippen LogP contribution in [0.5, 0.6) is 0 Å². The van der Waals surface area contributed by atoms with E-state index in [1.165, 1.54) is 0 Å². The van der Waals surface area contributed by atoms with Gasteiger partial charge in [0.1, 0.15) is 11.3 Å². The molecule has 1 saturated heterocycles. The van der Waals surface area contributed by atoms with E-state index < -0.39 is 19.6 Å². The van der Waals surface area contributed by atoms with Crippen molar-refractivity contribution in [2.75, 3.05) is 13.2 Å². The van der Waals surface area contributed by atoms with Gasteiger partial charge in [0, 0.05) is 12.5 Å². The smallest absolute Gasteiger partial charge is 0.412 e. The highest BCUT2D eigenvalue weighted by Gasteiger charge is 2.46. The number of rotatable bonds is 4. The molecule has 0 aliphatic carbocycles. The van der Waals surface area contributed by atoms with Crippen LogP contribution in [0.15, 0.2) is 0 Å². The van der Waals surface area contributed by atoms with Gasteiger partial charge in [-0.15, -0.1) is 0 Å². The number of amides is 1. The third kappa shape index (κ3) is 5.96. The Labute approximate surface area is 155 Å². The van der Waals surface area contributed by atoms with Crippen LogP contribution in [-0.4, -0.2) is 49.9 Å². The van der Waals surface area contributed by atoms with Crippen molar-refractivity contribution in [2.45, 2.75) is 97.9 Å². The summed E-state index contributed by atoms with van der Waals surface area (Å²) in [6.45, 7) is 24.0. The first-order valence-corrected chi connectivity index (χ1v) is 12.2. The first kappa shape index (κ1) is 22.4. The second-order valence-corrected chi connectivity index (χ2v) is 15.1. The number of carbonyl (C=O) groups excluding carboxylic acids is 1. The molecule has 5 nitrogen and oxygen atoms in total. The van der Waals surface area contributed by atoms with E-state index in [2.05, 4.69) is 40.8 Å². The number of hydrogen-bond acceptors (Lipinski definition) is 4. The highest BCUT2D eigenvalue weighted by molar-refractivity contribution is 6.74. The lowest BCUT2D eigenvalue weighted by molar-refractivity contribution is -0.0906. The molecule has 148 valence electrons. The molecule has 0 aromatic heterocycles. The van der Waals surface area contributed by atoms with Gasteiger partial charge in [-0.1, -0.05) is 27.7 Å². The highest BCUT2D eigenvalue weighted by Crippen LogP contribution is 2.38. The summed E-state index contributed by atoms with van der Waals surface area (Å²) in [6, 6.07) is 0. The summed E-state index contributed by atoms with van der Waals surface area (Å²) in [5.41, 5.74) is -1.18. The summed E-state index contributed by atoms with van der Waals surface area (Å²) in [5, 5.41) is 0.186. The normalized spacial score (nSPS) is 22.8. The van der Waals surface area contributed by atoms with Gasteiger partial charge in [-0.2, -0.15) is 0 Å². The minimum absolute atomic E-state index is 0.0488. The molecule has 0 N–H and O–H groups in total. The standard InChI is InChI=1S/C19H39NO4Si/c1-14(13-22-25(10,11)18(5,6)7)15-12-20(19(8,9)23-15)16(21)24-17(2,3)4/h14-15H,12-13H2,1-11H3/t14-,15+/m1/s1. The van der Waals surface area contributed by atoms with Crippen molar-refractivity contribution in [3.8, 4) is 0 Å². The van der Waals surface area contributed by atoms with E-state index >= 15 is 0 Å². The Morgan fingerprint density at radius 1 is 1.24 bits per heavy atom. The number of nitrogens with zero attached hydrogens (tertiary/aromatic N) is 1. The molecule has 1 heterocycles. The molecule has 25 heavy (non-hydrogen) atoms. The van der Waals surface area contributed by atoms with Crippen molar-refractivity contribution >= 4 is 14.4 Å². The molecule has 0 aromatic rings. The summed E-state index contributed by atoms with van der Waals surface area (Å²) >= 11 is 0. The molecule has 1 aliphatic rings. The fraction of sp³-hybridized carbons (Fsp3) is 0.947. The van der Waals surface area contributed by atoms with Crippen LogP contribution in [0.4, 0.5) is 4.79 Å². The third-order valence-corrected chi connectivity index (χ3v) is 9.71. The van der Waals surface area contributed by atoms with Gasteiger partial charge < -0.3 is 13.9 Å². The van der Waals surface area contributed by atoms with Gasteiger partial charge >= 0.3 is 6.09 Å². The Bertz CT molecular complexity index is 477. The van der Waals surface area contributed by atoms with Crippen LogP contribution in [0.3, 0.4) is 0 Å². The molecular weight excluding hydrogens is 334 g/mol. The second kappa shape index (κ2) is 7.20. The predicted molar refractivity (Wildman–Crippen MR) is 104 cm³/mol. The van der Waals surface area contributed by atoms with Crippen molar-refractivity contribution in [2.24, 2.45) is 5.92 Å². The summed E-state index contributed by atoms with van der Waals surface area (Å²) in [7, 11) is -1.79. The molecule has 1 fully saturated rings. The maximum absolute atomic E-state index is 12.5. The Morgan fingerprint density at radius 2 is 1.76 bits per heavy atom. The Hall–Kier alpha value is -0.593. The van der Waals surface area contributed by atoms with Gasteiger partial charge in [0.05, 0.1) is 12.6 Å². The molecule has 0 saturated carbocycles. The van der Waals surface area contributed by atoms with E-state index in [-0.39, 0.29) is 23.2 Å². The molecule has 6 heteroatoms. The lowest BCUT2D eigenvalue weighted by atomic mass is 10.1. The monoisotopic (exact) mass is 373 g/mol. The van der Waals surface area contributed by atoms with Crippen molar-refractivity contribution in [1.29, 1.82) is 0 Å². The van der Waals surface area contributed by atoms with E-state index in [1.807, 2.05) is 34.6 Å². The van der Waals surface area contributed by atoms with Gasteiger partial charge in [0.25, 0.3) is 0 Å². The van der Waals surface area contributed by atoms with Crippen molar-refractivity contribution < 1.29 is 18.7 Å². The molecule has 1 aliphatic heterocycles. The maximum Gasteiger partial charge on any atom is 0.412 e. The fourth-order valence-corrected chi connectivity index (χ4v) is 3.55. The molecule has 1 rings (SSSR count). The van der Waals surface area contributed by atoms with E-state index in [1.54, 1.807) is 4.90 Å². The largest absolute Gasteiger partial charge is 0.444 e. The van der Waals surface area contributed by atoms with Crippen LogP contribution in [0, 0.1) is 5.92 Å². The van der Waals surface area contributed by atoms with Gasteiger partial charge in [-0.05, 0) is 52.8 Å². The van der Waals surface area contributed by atoms with Crippen LogP contribution < -0.4 is 0 Å². The Morgan fingerprint density at radius 3 is 2.20 bits per heavy atom. The zero-order chi connectivity index (χ0) is 19.8. The zero-order valence-corrected chi connectivity index (χ0v) is 19.1. The summed E-state index contributed by atoms with van der Waals surface area (Å²) in [6.07, 6.45) is -0.371. The molecule has 0 radical (unpaired) electrons. The van der Waals surface area contributed by atoms with E-state index in [0.717, 1.165) is 0 Å². The maximum atomic E-state index is 12.5. The van der Waals surface area contributed by atoms with Crippen LogP contribution in [0.25, 0.3) is 0 Å². The average molecular weight is 374 g/mol. The molecule has 1 amide bonds. The quantitative estimate of drug-likeness (QED) is 0.649. The zero-order valence-electron chi connectivity index (χ0n) is 18.1. The molecule has 2 atom stereocenters. The number of ether oxygens (including phenoxy) is 2. The van der Waals surface area contributed by atoms with E-state index in [0.29, 0.717) is 13.2 Å². The van der Waals surface area contributed by atoms with Crippen LogP contribution in [-0.2, 0) is 13.9 Å². The van der Waals surface area contributed by atoms with Crippen LogP contribution in [0.1, 0.15) is 62.3 Å². The Kier molecular flexibility index (Phi) is 6.46. The fourth-order valence-electron chi connectivity index (χ4n) is 2.44. The van der Waals surface area contributed by atoms with Gasteiger partial charge in [0.15, 0.2) is 8.32 Å². The van der Waals surface area contributed by atoms with Gasteiger partial charge in [0.2, 0.25) is 0 Å². The second-order valence-electron chi connectivity index (χ2n) is 10.2. The molecular formula is C19H39NO4Si. The topological polar surface area (TPSA) is 48.0 Å². The number of hydrogen-bond donors (Lipinski definition) is 0. The summed E-state index contributed by atoms with van der Waals surface area (Å²) < 4.78 is 18.0. The van der Waals surface area contributed by atoms with Crippen LogP contribution in [0.2, 0.25) is 18.1 Å². The van der Waals surface area contributed by atoms with Crippen molar-refractivity contribution in [3.63, 3.8) is 0 Å². The molecule has 0 bridgehead atoms.